The van der Waals surface area contributed by atoms with Gasteiger partial charge in [-0.2, -0.15) is 0 Å². The Morgan fingerprint density at radius 3 is 2.87 bits per heavy atom. The van der Waals surface area contributed by atoms with Crippen LogP contribution in [0.5, 0.6) is 0 Å². The van der Waals surface area contributed by atoms with E-state index < -0.39 is 6.10 Å². The molecule has 1 saturated carbocycles. The van der Waals surface area contributed by atoms with E-state index in [1.54, 1.807) is 11.8 Å². The Morgan fingerprint density at radius 1 is 1.35 bits per heavy atom. The van der Waals surface area contributed by atoms with Gasteiger partial charge in [0, 0.05) is 18.8 Å². The van der Waals surface area contributed by atoms with Crippen molar-refractivity contribution in [3.05, 3.63) is 23.8 Å². The molecule has 1 aromatic heterocycles. The fourth-order valence-electron chi connectivity index (χ4n) is 3.13. The van der Waals surface area contributed by atoms with Gasteiger partial charge in [0.2, 0.25) is 0 Å². The molecule has 2 heterocycles. The Labute approximate surface area is 135 Å². The van der Waals surface area contributed by atoms with Crippen molar-refractivity contribution < 1.29 is 14.3 Å². The average Bonchev–Trinajstić information content (AvgIpc) is 3.08. The smallest absolute Gasteiger partial charge is 0.257 e. The van der Waals surface area contributed by atoms with Crippen LogP contribution >= 0.6 is 0 Å². The summed E-state index contributed by atoms with van der Waals surface area (Å²) >= 11 is 0. The Balaban J connectivity index is 1.62. The van der Waals surface area contributed by atoms with Crippen molar-refractivity contribution in [1.82, 2.24) is 20.2 Å². The molecule has 7 nitrogen and oxygen atoms in total. The van der Waals surface area contributed by atoms with Gasteiger partial charge in [0.05, 0.1) is 24.4 Å². The lowest BCUT2D eigenvalue weighted by molar-refractivity contribution is -0.137. The van der Waals surface area contributed by atoms with Gasteiger partial charge in [-0.05, 0) is 19.8 Å². The maximum absolute atomic E-state index is 12.6. The number of hydrogen-bond acceptors (Lipinski definition) is 5. The molecule has 3 rings (SSSR count). The van der Waals surface area contributed by atoms with Crippen molar-refractivity contribution in [2.45, 2.75) is 44.8 Å². The number of hydrogen-bond donors (Lipinski definition) is 1. The molecule has 1 aliphatic carbocycles. The number of carbonyl (C=O) groups is 2. The third kappa shape index (κ3) is 3.67. The first-order chi connectivity index (χ1) is 11.1. The lowest BCUT2D eigenvalue weighted by atomic mass is 10.1. The Morgan fingerprint density at radius 2 is 2.13 bits per heavy atom. The summed E-state index contributed by atoms with van der Waals surface area (Å²) in [6.07, 6.45) is 6.72. The van der Waals surface area contributed by atoms with E-state index in [0.29, 0.717) is 24.4 Å². The van der Waals surface area contributed by atoms with Crippen LogP contribution in [0.25, 0.3) is 0 Å². The molecule has 1 aliphatic heterocycles. The lowest BCUT2D eigenvalue weighted by Crippen LogP contribution is -2.53. The molecular weight excluding hydrogens is 296 g/mol. The van der Waals surface area contributed by atoms with Crippen LogP contribution in [-0.4, -0.2) is 58.5 Å². The van der Waals surface area contributed by atoms with Crippen molar-refractivity contribution >= 4 is 11.8 Å². The molecule has 2 fully saturated rings. The SMILES string of the molecule is Cc1ncncc1C(=O)N1CCOC(C(=O)NC2CCCC2)C1. The van der Waals surface area contributed by atoms with E-state index in [9.17, 15) is 9.59 Å². The summed E-state index contributed by atoms with van der Waals surface area (Å²) in [5.41, 5.74) is 1.12. The van der Waals surface area contributed by atoms with Gasteiger partial charge in [-0.3, -0.25) is 9.59 Å². The molecule has 2 amide bonds. The van der Waals surface area contributed by atoms with Crippen LogP contribution in [-0.2, 0) is 9.53 Å². The van der Waals surface area contributed by atoms with Crippen molar-refractivity contribution in [2.75, 3.05) is 19.7 Å². The number of rotatable bonds is 3. The molecule has 1 atom stereocenters. The van der Waals surface area contributed by atoms with E-state index in [-0.39, 0.29) is 24.4 Å². The van der Waals surface area contributed by atoms with Gasteiger partial charge in [-0.1, -0.05) is 12.8 Å². The predicted molar refractivity (Wildman–Crippen MR) is 82.8 cm³/mol. The first kappa shape index (κ1) is 15.9. The first-order valence-electron chi connectivity index (χ1n) is 8.13. The molecule has 0 bridgehead atoms. The second-order valence-corrected chi connectivity index (χ2v) is 6.12. The zero-order chi connectivity index (χ0) is 16.2. The van der Waals surface area contributed by atoms with Gasteiger partial charge in [-0.15, -0.1) is 0 Å². The highest BCUT2D eigenvalue weighted by atomic mass is 16.5. The van der Waals surface area contributed by atoms with Gasteiger partial charge in [0.15, 0.2) is 6.10 Å². The normalized spacial score (nSPS) is 22.1. The monoisotopic (exact) mass is 318 g/mol. The van der Waals surface area contributed by atoms with Gasteiger partial charge in [0.1, 0.15) is 6.33 Å². The highest BCUT2D eigenvalue weighted by molar-refractivity contribution is 5.95. The van der Waals surface area contributed by atoms with Crippen LogP contribution < -0.4 is 5.32 Å². The molecular formula is C16H22N4O3. The molecule has 7 heteroatoms. The summed E-state index contributed by atoms with van der Waals surface area (Å²) in [4.78, 5) is 34.5. The summed E-state index contributed by atoms with van der Waals surface area (Å²) in [5.74, 6) is -0.263. The molecule has 124 valence electrons. The van der Waals surface area contributed by atoms with Crippen molar-refractivity contribution in [2.24, 2.45) is 0 Å². The van der Waals surface area contributed by atoms with Gasteiger partial charge < -0.3 is 15.0 Å². The Hall–Kier alpha value is -2.02. The number of aryl methyl sites for hydroxylation is 1. The zero-order valence-electron chi connectivity index (χ0n) is 13.3. The van der Waals surface area contributed by atoms with Crippen LogP contribution in [0.1, 0.15) is 41.7 Å². The average molecular weight is 318 g/mol. The van der Waals surface area contributed by atoms with E-state index in [2.05, 4.69) is 15.3 Å². The third-order valence-electron chi connectivity index (χ3n) is 4.49. The van der Waals surface area contributed by atoms with Crippen molar-refractivity contribution in [3.63, 3.8) is 0 Å². The molecule has 2 aliphatic rings. The standard InChI is InChI=1S/C16H22N4O3/c1-11-13(8-17-10-18-11)16(22)20-6-7-23-14(9-20)15(21)19-12-4-2-3-5-12/h8,10,12,14H,2-7,9H2,1H3,(H,19,21). The first-order valence-corrected chi connectivity index (χ1v) is 8.13. The van der Waals surface area contributed by atoms with Crippen molar-refractivity contribution in [1.29, 1.82) is 0 Å². The number of carbonyl (C=O) groups excluding carboxylic acids is 2. The largest absolute Gasteiger partial charge is 0.365 e. The van der Waals surface area contributed by atoms with Crippen molar-refractivity contribution in [3.8, 4) is 0 Å². The van der Waals surface area contributed by atoms with Crippen LogP contribution in [0.3, 0.4) is 0 Å². The molecule has 0 spiro atoms. The highest BCUT2D eigenvalue weighted by Crippen LogP contribution is 2.18. The maximum Gasteiger partial charge on any atom is 0.257 e. The summed E-state index contributed by atoms with van der Waals surface area (Å²) in [7, 11) is 0. The number of nitrogens with one attached hydrogen (secondary N) is 1. The van der Waals surface area contributed by atoms with Gasteiger partial charge in [-0.25, -0.2) is 9.97 Å². The molecule has 0 aromatic carbocycles. The van der Waals surface area contributed by atoms with E-state index in [1.165, 1.54) is 12.5 Å². The second kappa shape index (κ2) is 7.04. The van der Waals surface area contributed by atoms with Crippen LogP contribution in [0.2, 0.25) is 0 Å². The fraction of sp³-hybridized carbons (Fsp3) is 0.625. The van der Waals surface area contributed by atoms with Gasteiger partial charge >= 0.3 is 0 Å². The number of morpholine rings is 1. The van der Waals surface area contributed by atoms with Gasteiger partial charge in [0.25, 0.3) is 11.8 Å². The molecule has 0 radical (unpaired) electrons. The molecule has 1 unspecified atom stereocenters. The molecule has 1 aromatic rings. The van der Waals surface area contributed by atoms with E-state index in [1.807, 2.05) is 0 Å². The summed E-state index contributed by atoms with van der Waals surface area (Å²) in [5, 5.41) is 3.03. The van der Waals surface area contributed by atoms with Crippen LogP contribution in [0.4, 0.5) is 0 Å². The van der Waals surface area contributed by atoms with Crippen LogP contribution in [0, 0.1) is 6.92 Å². The molecule has 1 N–H and O–H groups in total. The number of amides is 2. The molecule has 23 heavy (non-hydrogen) atoms. The lowest BCUT2D eigenvalue weighted by Gasteiger charge is -2.32. The highest BCUT2D eigenvalue weighted by Gasteiger charge is 2.31. The third-order valence-corrected chi connectivity index (χ3v) is 4.49. The summed E-state index contributed by atoms with van der Waals surface area (Å²) in [6.45, 7) is 2.88. The van der Waals surface area contributed by atoms with E-state index in [4.69, 9.17) is 4.74 Å². The quantitative estimate of drug-likeness (QED) is 0.886. The predicted octanol–water partition coefficient (Wildman–Crippen LogP) is 0.685. The minimum absolute atomic E-state index is 0.115. The fourth-order valence-corrected chi connectivity index (χ4v) is 3.13. The Bertz CT molecular complexity index is 586. The number of nitrogens with zero attached hydrogens (tertiary/aromatic N) is 3. The minimum Gasteiger partial charge on any atom is -0.365 e. The second-order valence-electron chi connectivity index (χ2n) is 6.12. The number of ether oxygens (including phenoxy) is 1. The molecule has 1 saturated heterocycles. The minimum atomic E-state index is -0.599. The maximum atomic E-state index is 12.6. The summed E-state index contributed by atoms with van der Waals surface area (Å²) < 4.78 is 5.56. The van der Waals surface area contributed by atoms with E-state index in [0.717, 1.165) is 25.7 Å². The van der Waals surface area contributed by atoms with E-state index >= 15 is 0 Å². The number of aromatic nitrogens is 2. The van der Waals surface area contributed by atoms with Crippen LogP contribution in [0.15, 0.2) is 12.5 Å². The summed E-state index contributed by atoms with van der Waals surface area (Å²) in [6, 6.07) is 0.252. The zero-order valence-corrected chi connectivity index (χ0v) is 13.3. The Kier molecular flexibility index (Phi) is 4.85. The topological polar surface area (TPSA) is 84.4 Å².